The third kappa shape index (κ3) is 4.05. The lowest BCUT2D eigenvalue weighted by atomic mass is 10.2. The molecule has 1 aliphatic rings. The van der Waals surface area contributed by atoms with Crippen LogP contribution in [0.5, 0.6) is 0 Å². The molecule has 1 amide bonds. The van der Waals surface area contributed by atoms with Crippen molar-refractivity contribution in [3.63, 3.8) is 0 Å². The van der Waals surface area contributed by atoms with Crippen LogP contribution in [0.4, 0.5) is 5.69 Å². The summed E-state index contributed by atoms with van der Waals surface area (Å²) in [6, 6.07) is 9.71. The number of nitrogens with one attached hydrogen (secondary N) is 1. The Bertz CT molecular complexity index is 643. The average Bonchev–Trinajstić information content (AvgIpc) is 3.19. The van der Waals surface area contributed by atoms with E-state index in [-0.39, 0.29) is 12.0 Å². The van der Waals surface area contributed by atoms with E-state index >= 15 is 0 Å². The SMILES string of the molecule is O=C(/C=C\c1ccccc1)Nc1cnn(C[C@@H]2CCCO2)c1. The molecule has 2 heterocycles. The van der Waals surface area contributed by atoms with E-state index in [1.165, 1.54) is 6.08 Å². The van der Waals surface area contributed by atoms with E-state index in [1.807, 2.05) is 41.2 Å². The van der Waals surface area contributed by atoms with Crippen molar-refractivity contribution in [2.24, 2.45) is 0 Å². The standard InChI is InChI=1S/C17H19N3O2/c21-17(9-8-14-5-2-1-3-6-14)19-15-11-18-20(12-15)13-16-7-4-10-22-16/h1-3,5-6,8-9,11-12,16H,4,7,10,13H2,(H,19,21)/b9-8-/t16-/m0/s1. The topological polar surface area (TPSA) is 56.2 Å². The molecule has 0 unspecified atom stereocenters. The molecule has 0 spiro atoms. The highest BCUT2D eigenvalue weighted by atomic mass is 16.5. The summed E-state index contributed by atoms with van der Waals surface area (Å²) in [5.41, 5.74) is 1.69. The highest BCUT2D eigenvalue weighted by molar-refractivity contribution is 6.01. The monoisotopic (exact) mass is 297 g/mol. The van der Waals surface area contributed by atoms with Crippen molar-refractivity contribution in [1.82, 2.24) is 9.78 Å². The molecule has 1 aromatic heterocycles. The fourth-order valence-electron chi connectivity index (χ4n) is 2.44. The van der Waals surface area contributed by atoms with Crippen LogP contribution in [0.3, 0.4) is 0 Å². The molecule has 22 heavy (non-hydrogen) atoms. The predicted octanol–water partition coefficient (Wildman–Crippen LogP) is 2.71. The first kappa shape index (κ1) is 14.5. The zero-order valence-electron chi connectivity index (χ0n) is 12.3. The van der Waals surface area contributed by atoms with Gasteiger partial charge in [0.1, 0.15) is 0 Å². The summed E-state index contributed by atoms with van der Waals surface area (Å²) >= 11 is 0. The minimum Gasteiger partial charge on any atom is -0.376 e. The number of nitrogens with zero attached hydrogens (tertiary/aromatic N) is 2. The van der Waals surface area contributed by atoms with Gasteiger partial charge in [0.05, 0.1) is 24.5 Å². The molecule has 5 heteroatoms. The van der Waals surface area contributed by atoms with Gasteiger partial charge in [-0.2, -0.15) is 5.10 Å². The van der Waals surface area contributed by atoms with E-state index < -0.39 is 0 Å². The van der Waals surface area contributed by atoms with E-state index in [1.54, 1.807) is 12.3 Å². The van der Waals surface area contributed by atoms with E-state index in [9.17, 15) is 4.79 Å². The first-order valence-electron chi connectivity index (χ1n) is 7.48. The van der Waals surface area contributed by atoms with Crippen LogP contribution in [0.1, 0.15) is 18.4 Å². The smallest absolute Gasteiger partial charge is 0.248 e. The van der Waals surface area contributed by atoms with E-state index in [0.717, 1.165) is 31.6 Å². The summed E-state index contributed by atoms with van der Waals surface area (Å²) < 4.78 is 7.39. The van der Waals surface area contributed by atoms with Crippen molar-refractivity contribution >= 4 is 17.7 Å². The Balaban J connectivity index is 1.53. The molecule has 0 radical (unpaired) electrons. The third-order valence-electron chi connectivity index (χ3n) is 3.54. The second-order valence-electron chi connectivity index (χ2n) is 5.32. The van der Waals surface area contributed by atoms with Crippen LogP contribution in [0.2, 0.25) is 0 Å². The molecule has 0 saturated carbocycles. The van der Waals surface area contributed by atoms with Gasteiger partial charge in [0.2, 0.25) is 5.91 Å². The summed E-state index contributed by atoms with van der Waals surface area (Å²) in [5, 5.41) is 7.06. The second kappa shape index (κ2) is 7.04. The second-order valence-corrected chi connectivity index (χ2v) is 5.32. The number of benzene rings is 1. The summed E-state index contributed by atoms with van der Waals surface area (Å²) in [6.07, 6.45) is 9.21. The van der Waals surface area contributed by atoms with Gasteiger partial charge in [0, 0.05) is 18.9 Å². The average molecular weight is 297 g/mol. The molecule has 0 aliphatic carbocycles. The Kier molecular flexibility index (Phi) is 4.65. The van der Waals surface area contributed by atoms with Crippen LogP contribution in [0, 0.1) is 0 Å². The zero-order chi connectivity index (χ0) is 15.2. The largest absolute Gasteiger partial charge is 0.376 e. The maximum Gasteiger partial charge on any atom is 0.248 e. The Morgan fingerprint density at radius 2 is 2.27 bits per heavy atom. The van der Waals surface area contributed by atoms with E-state index in [0.29, 0.717) is 5.69 Å². The quantitative estimate of drug-likeness (QED) is 0.863. The van der Waals surface area contributed by atoms with Crippen LogP contribution in [-0.2, 0) is 16.1 Å². The van der Waals surface area contributed by atoms with Crippen LogP contribution in [0.15, 0.2) is 48.8 Å². The van der Waals surface area contributed by atoms with Crippen molar-refractivity contribution in [1.29, 1.82) is 0 Å². The molecular formula is C17H19N3O2. The predicted molar refractivity (Wildman–Crippen MR) is 85.3 cm³/mol. The lowest BCUT2D eigenvalue weighted by Gasteiger charge is -2.08. The number of carbonyl (C=O) groups excluding carboxylic acids is 1. The normalized spacial score (nSPS) is 17.9. The van der Waals surface area contributed by atoms with Gasteiger partial charge >= 0.3 is 0 Å². The molecule has 0 bridgehead atoms. The fraction of sp³-hybridized carbons (Fsp3) is 0.294. The van der Waals surface area contributed by atoms with Crippen molar-refractivity contribution in [2.75, 3.05) is 11.9 Å². The van der Waals surface area contributed by atoms with Gasteiger partial charge in [-0.15, -0.1) is 0 Å². The number of amides is 1. The van der Waals surface area contributed by atoms with Gasteiger partial charge in [0.25, 0.3) is 0 Å². The molecule has 114 valence electrons. The lowest BCUT2D eigenvalue weighted by molar-refractivity contribution is -0.111. The molecule has 1 aliphatic heterocycles. The summed E-state index contributed by atoms with van der Waals surface area (Å²) in [4.78, 5) is 11.9. The maximum absolute atomic E-state index is 11.9. The van der Waals surface area contributed by atoms with Crippen molar-refractivity contribution in [3.05, 3.63) is 54.4 Å². The van der Waals surface area contributed by atoms with Gasteiger partial charge in [0.15, 0.2) is 0 Å². The Morgan fingerprint density at radius 3 is 3.05 bits per heavy atom. The molecule has 1 saturated heterocycles. The Labute approximate surface area is 129 Å². The molecule has 2 aromatic rings. The molecule has 1 fully saturated rings. The van der Waals surface area contributed by atoms with Crippen molar-refractivity contribution in [2.45, 2.75) is 25.5 Å². The third-order valence-corrected chi connectivity index (χ3v) is 3.54. The lowest BCUT2D eigenvalue weighted by Crippen LogP contribution is -2.15. The molecule has 1 atom stereocenters. The number of hydrogen-bond acceptors (Lipinski definition) is 3. The number of carbonyl (C=O) groups is 1. The van der Waals surface area contributed by atoms with Gasteiger partial charge in [-0.05, 0) is 24.5 Å². The van der Waals surface area contributed by atoms with Crippen LogP contribution >= 0.6 is 0 Å². The highest BCUT2D eigenvalue weighted by Crippen LogP contribution is 2.15. The first-order valence-corrected chi connectivity index (χ1v) is 7.48. The van der Waals surface area contributed by atoms with E-state index in [4.69, 9.17) is 4.74 Å². The number of aromatic nitrogens is 2. The van der Waals surface area contributed by atoms with Crippen LogP contribution in [0.25, 0.3) is 6.08 Å². The maximum atomic E-state index is 11.9. The fourth-order valence-corrected chi connectivity index (χ4v) is 2.44. The number of anilines is 1. The molecule has 1 N–H and O–H groups in total. The van der Waals surface area contributed by atoms with Gasteiger partial charge in [-0.1, -0.05) is 30.3 Å². The first-order chi connectivity index (χ1) is 10.8. The number of rotatable bonds is 5. The zero-order valence-corrected chi connectivity index (χ0v) is 12.3. The molecule has 3 rings (SSSR count). The van der Waals surface area contributed by atoms with Gasteiger partial charge < -0.3 is 10.1 Å². The Hall–Kier alpha value is -2.40. The highest BCUT2D eigenvalue weighted by Gasteiger charge is 2.16. The van der Waals surface area contributed by atoms with Gasteiger partial charge in [-0.25, -0.2) is 0 Å². The molecule has 5 nitrogen and oxygen atoms in total. The minimum atomic E-state index is -0.166. The van der Waals surface area contributed by atoms with E-state index in [2.05, 4.69) is 10.4 Å². The molecule has 1 aromatic carbocycles. The van der Waals surface area contributed by atoms with Crippen molar-refractivity contribution in [3.8, 4) is 0 Å². The number of hydrogen-bond donors (Lipinski definition) is 1. The van der Waals surface area contributed by atoms with Crippen molar-refractivity contribution < 1.29 is 9.53 Å². The number of ether oxygens (including phenoxy) is 1. The summed E-state index contributed by atoms with van der Waals surface area (Å²) in [5.74, 6) is -0.166. The molecular weight excluding hydrogens is 278 g/mol. The van der Waals surface area contributed by atoms with Crippen LogP contribution in [-0.4, -0.2) is 28.4 Å². The van der Waals surface area contributed by atoms with Crippen LogP contribution < -0.4 is 5.32 Å². The summed E-state index contributed by atoms with van der Waals surface area (Å²) in [6.45, 7) is 1.57. The Morgan fingerprint density at radius 1 is 1.41 bits per heavy atom. The minimum absolute atomic E-state index is 0.166. The van der Waals surface area contributed by atoms with Gasteiger partial charge in [-0.3, -0.25) is 9.48 Å². The summed E-state index contributed by atoms with van der Waals surface area (Å²) in [7, 11) is 0.